The van der Waals surface area contributed by atoms with Gasteiger partial charge in [0.1, 0.15) is 0 Å². The van der Waals surface area contributed by atoms with Gasteiger partial charge in [-0.3, -0.25) is 0 Å². The van der Waals surface area contributed by atoms with E-state index in [4.69, 9.17) is 4.52 Å². The van der Waals surface area contributed by atoms with Crippen LogP contribution in [0.5, 0.6) is 0 Å². The van der Waals surface area contributed by atoms with Crippen molar-refractivity contribution in [2.75, 3.05) is 0 Å². The van der Waals surface area contributed by atoms with E-state index < -0.39 is 0 Å². The minimum Gasteiger partial charge on any atom is -0.356 e. The van der Waals surface area contributed by atoms with E-state index in [9.17, 15) is 5.26 Å². The fourth-order valence-corrected chi connectivity index (χ4v) is 2.90. The Hall–Kier alpha value is -2.86. The van der Waals surface area contributed by atoms with Gasteiger partial charge in [0, 0.05) is 11.6 Å². The molecule has 0 radical (unpaired) electrons. The van der Waals surface area contributed by atoms with Crippen molar-refractivity contribution >= 4 is 0 Å². The van der Waals surface area contributed by atoms with Gasteiger partial charge in [-0.05, 0) is 36.5 Å². The largest absolute Gasteiger partial charge is 0.356 e. The normalized spacial score (nSPS) is 15.1. The molecule has 0 amide bonds. The zero-order valence-corrected chi connectivity index (χ0v) is 12.9. The molecule has 4 rings (SSSR count). The SMILES string of the molecule is Cc1cc(-c2ccc(-c3ccc(C4(C#N)CC4)cc3)cc2)on1. The number of hydrogen-bond acceptors (Lipinski definition) is 3. The Morgan fingerprint density at radius 1 is 0.957 bits per heavy atom. The van der Waals surface area contributed by atoms with Crippen LogP contribution in [0.1, 0.15) is 24.1 Å². The molecule has 112 valence electrons. The molecule has 3 nitrogen and oxygen atoms in total. The molecule has 1 aromatic heterocycles. The van der Waals surface area contributed by atoms with Crippen molar-refractivity contribution in [3.63, 3.8) is 0 Å². The average molecular weight is 300 g/mol. The summed E-state index contributed by atoms with van der Waals surface area (Å²) < 4.78 is 5.29. The molecule has 1 aliphatic rings. The zero-order chi connectivity index (χ0) is 15.9. The van der Waals surface area contributed by atoms with Gasteiger partial charge in [0.25, 0.3) is 0 Å². The van der Waals surface area contributed by atoms with Gasteiger partial charge >= 0.3 is 0 Å². The summed E-state index contributed by atoms with van der Waals surface area (Å²) in [6.45, 7) is 1.91. The molecule has 1 saturated carbocycles. The third kappa shape index (κ3) is 2.43. The van der Waals surface area contributed by atoms with Crippen molar-refractivity contribution in [2.45, 2.75) is 25.2 Å². The summed E-state index contributed by atoms with van der Waals surface area (Å²) in [6.07, 6.45) is 1.96. The van der Waals surface area contributed by atoms with Crippen LogP contribution in [0.3, 0.4) is 0 Å². The van der Waals surface area contributed by atoms with Gasteiger partial charge in [0.2, 0.25) is 0 Å². The summed E-state index contributed by atoms with van der Waals surface area (Å²) in [5, 5.41) is 13.2. The first-order valence-corrected chi connectivity index (χ1v) is 7.76. The lowest BCUT2D eigenvalue weighted by molar-refractivity contribution is 0.427. The summed E-state index contributed by atoms with van der Waals surface area (Å²) in [5.74, 6) is 0.786. The molecule has 2 aromatic carbocycles. The Morgan fingerprint density at radius 3 is 2.00 bits per heavy atom. The van der Waals surface area contributed by atoms with E-state index in [1.165, 1.54) is 0 Å². The maximum absolute atomic E-state index is 9.27. The topological polar surface area (TPSA) is 49.8 Å². The van der Waals surface area contributed by atoms with Crippen molar-refractivity contribution in [2.24, 2.45) is 0 Å². The lowest BCUT2D eigenvalue weighted by Gasteiger charge is -2.08. The van der Waals surface area contributed by atoms with Crippen LogP contribution >= 0.6 is 0 Å². The van der Waals surface area contributed by atoms with Crippen molar-refractivity contribution < 1.29 is 4.52 Å². The molecule has 0 N–H and O–H groups in total. The second-order valence-corrected chi connectivity index (χ2v) is 6.18. The van der Waals surface area contributed by atoms with Gasteiger partial charge in [0.15, 0.2) is 5.76 Å². The van der Waals surface area contributed by atoms with Gasteiger partial charge in [-0.25, -0.2) is 0 Å². The summed E-state index contributed by atoms with van der Waals surface area (Å²) >= 11 is 0. The number of aryl methyl sites for hydroxylation is 1. The molecule has 3 aromatic rings. The van der Waals surface area contributed by atoms with Gasteiger partial charge in [-0.2, -0.15) is 5.26 Å². The van der Waals surface area contributed by atoms with E-state index >= 15 is 0 Å². The van der Waals surface area contributed by atoms with Crippen LogP contribution in [0.15, 0.2) is 59.1 Å². The Balaban J connectivity index is 1.60. The quantitative estimate of drug-likeness (QED) is 0.693. The van der Waals surface area contributed by atoms with E-state index in [0.717, 1.165) is 46.5 Å². The highest BCUT2D eigenvalue weighted by atomic mass is 16.5. The van der Waals surface area contributed by atoms with Gasteiger partial charge in [-0.15, -0.1) is 0 Å². The first-order chi connectivity index (χ1) is 11.2. The maximum Gasteiger partial charge on any atom is 0.167 e. The second kappa shape index (κ2) is 5.10. The lowest BCUT2D eigenvalue weighted by atomic mass is 9.95. The number of hydrogen-bond donors (Lipinski definition) is 0. The molecule has 0 bridgehead atoms. The highest BCUT2D eigenvalue weighted by molar-refractivity contribution is 5.68. The van der Waals surface area contributed by atoms with Crippen molar-refractivity contribution in [1.82, 2.24) is 5.16 Å². The van der Waals surface area contributed by atoms with Crippen LogP contribution in [0.25, 0.3) is 22.5 Å². The number of rotatable bonds is 3. The molecule has 1 fully saturated rings. The van der Waals surface area contributed by atoms with Crippen molar-refractivity contribution in [1.29, 1.82) is 5.26 Å². The number of nitrogens with zero attached hydrogens (tertiary/aromatic N) is 2. The fourth-order valence-electron chi connectivity index (χ4n) is 2.90. The predicted octanol–water partition coefficient (Wildman–Crippen LogP) is 4.87. The monoisotopic (exact) mass is 300 g/mol. The van der Waals surface area contributed by atoms with Crippen LogP contribution in [0.2, 0.25) is 0 Å². The molecule has 1 aliphatic carbocycles. The second-order valence-electron chi connectivity index (χ2n) is 6.18. The van der Waals surface area contributed by atoms with Crippen LogP contribution in [0, 0.1) is 18.3 Å². The number of aromatic nitrogens is 1. The fraction of sp³-hybridized carbons (Fsp3) is 0.200. The summed E-state index contributed by atoms with van der Waals surface area (Å²) in [4.78, 5) is 0. The molecule has 0 spiro atoms. The van der Waals surface area contributed by atoms with Gasteiger partial charge in [0.05, 0.1) is 17.2 Å². The average Bonchev–Trinajstić information content (AvgIpc) is 3.29. The van der Waals surface area contributed by atoms with Crippen molar-refractivity contribution in [3.05, 3.63) is 65.9 Å². The molecule has 0 saturated heterocycles. The van der Waals surface area contributed by atoms with E-state index in [0.29, 0.717) is 0 Å². The third-order valence-electron chi connectivity index (χ3n) is 4.53. The molecule has 0 unspecified atom stereocenters. The molecule has 0 aliphatic heterocycles. The summed E-state index contributed by atoms with van der Waals surface area (Å²) in [5.41, 5.74) is 5.13. The summed E-state index contributed by atoms with van der Waals surface area (Å²) in [6, 6.07) is 21.0. The van der Waals surface area contributed by atoms with Crippen LogP contribution < -0.4 is 0 Å². The van der Waals surface area contributed by atoms with Crippen LogP contribution in [0.4, 0.5) is 0 Å². The zero-order valence-electron chi connectivity index (χ0n) is 12.9. The molecule has 0 atom stereocenters. The first kappa shape index (κ1) is 13.8. The summed E-state index contributed by atoms with van der Waals surface area (Å²) in [7, 11) is 0. The molecule has 23 heavy (non-hydrogen) atoms. The van der Waals surface area contributed by atoms with E-state index in [-0.39, 0.29) is 5.41 Å². The molecule has 1 heterocycles. The third-order valence-corrected chi connectivity index (χ3v) is 4.53. The van der Waals surface area contributed by atoms with Crippen LogP contribution in [-0.2, 0) is 5.41 Å². The number of benzene rings is 2. The maximum atomic E-state index is 9.27. The Labute approximate surface area is 135 Å². The van der Waals surface area contributed by atoms with E-state index in [1.807, 2.05) is 25.1 Å². The molecular formula is C20H16N2O. The van der Waals surface area contributed by atoms with Gasteiger partial charge < -0.3 is 4.52 Å². The Morgan fingerprint density at radius 2 is 1.52 bits per heavy atom. The minimum absolute atomic E-state index is 0.216. The predicted molar refractivity (Wildman–Crippen MR) is 88.6 cm³/mol. The number of nitriles is 1. The smallest absolute Gasteiger partial charge is 0.167 e. The van der Waals surface area contributed by atoms with Gasteiger partial charge in [-0.1, -0.05) is 53.7 Å². The van der Waals surface area contributed by atoms with Crippen molar-refractivity contribution in [3.8, 4) is 28.5 Å². The Bertz CT molecular complexity index is 879. The first-order valence-electron chi connectivity index (χ1n) is 7.76. The standard InChI is InChI=1S/C20H16N2O/c1-14-12-19(23-22-14)17-4-2-15(3-5-17)16-6-8-18(9-7-16)20(13-21)10-11-20/h2-9,12H,10-11H2,1H3. The molecule has 3 heteroatoms. The van der Waals surface area contributed by atoms with E-state index in [2.05, 4.69) is 47.6 Å². The van der Waals surface area contributed by atoms with E-state index in [1.54, 1.807) is 0 Å². The molecular weight excluding hydrogens is 284 g/mol. The highest BCUT2D eigenvalue weighted by Crippen LogP contribution is 2.47. The lowest BCUT2D eigenvalue weighted by Crippen LogP contribution is -2.01. The minimum atomic E-state index is -0.216. The van der Waals surface area contributed by atoms with Crippen LogP contribution in [-0.4, -0.2) is 5.16 Å². The Kier molecular flexibility index (Phi) is 3.06. The highest BCUT2D eigenvalue weighted by Gasteiger charge is 2.44.